The summed E-state index contributed by atoms with van der Waals surface area (Å²) >= 11 is -0.0341. The lowest BCUT2D eigenvalue weighted by atomic mass is 10.4. The molecular formula is C14H22F4SSi2. The maximum atomic E-state index is 14.0. The molecule has 0 bridgehead atoms. The second-order valence-electron chi connectivity index (χ2n) is 7.22. The summed E-state index contributed by atoms with van der Waals surface area (Å²) < 4.78 is 55.9. The lowest BCUT2D eigenvalue weighted by Crippen LogP contribution is -2.55. The lowest BCUT2D eigenvalue weighted by molar-refractivity contribution is -0.0985. The van der Waals surface area contributed by atoms with Gasteiger partial charge in [0.15, 0.2) is 0 Å². The molecule has 0 aliphatic heterocycles. The third-order valence-electron chi connectivity index (χ3n) is 3.27. The van der Waals surface area contributed by atoms with Gasteiger partial charge in [0, 0.05) is 4.90 Å². The van der Waals surface area contributed by atoms with Crippen molar-refractivity contribution >= 4 is 33.1 Å². The molecule has 0 atom stereocenters. The third-order valence-corrected chi connectivity index (χ3v) is 8.74. The van der Waals surface area contributed by atoms with Crippen LogP contribution in [0.4, 0.5) is 17.6 Å². The summed E-state index contributed by atoms with van der Waals surface area (Å²) in [5.74, 6) is 0. The van der Waals surface area contributed by atoms with Crippen molar-refractivity contribution < 1.29 is 17.6 Å². The monoisotopic (exact) mass is 354 g/mol. The molecule has 0 saturated heterocycles. The zero-order valence-corrected chi connectivity index (χ0v) is 16.0. The molecule has 1 aromatic carbocycles. The molecule has 0 fully saturated rings. The van der Waals surface area contributed by atoms with Crippen LogP contribution in [0.3, 0.4) is 0 Å². The van der Waals surface area contributed by atoms with Crippen LogP contribution in [0.5, 0.6) is 0 Å². The molecule has 0 N–H and O–H groups in total. The number of benzene rings is 1. The van der Waals surface area contributed by atoms with Gasteiger partial charge in [-0.1, -0.05) is 56.6 Å². The minimum absolute atomic E-state index is 0.0341. The number of thioether (sulfide) groups is 1. The van der Waals surface area contributed by atoms with Gasteiger partial charge in [0.25, 0.3) is 5.55 Å². The average Bonchev–Trinajstić information content (AvgIpc) is 2.26. The highest BCUT2D eigenvalue weighted by molar-refractivity contribution is 8.00. The molecule has 0 aliphatic rings. The molecule has 0 unspecified atom stereocenters. The van der Waals surface area contributed by atoms with Crippen molar-refractivity contribution in [2.24, 2.45) is 0 Å². The first-order valence-electron chi connectivity index (χ1n) is 6.74. The van der Waals surface area contributed by atoms with Crippen LogP contribution in [0.25, 0.3) is 0 Å². The normalized spacial score (nSPS) is 14.4. The number of halogens is 4. The van der Waals surface area contributed by atoms with E-state index in [1.807, 2.05) is 0 Å². The molecule has 120 valence electrons. The van der Waals surface area contributed by atoms with E-state index in [4.69, 9.17) is 0 Å². The van der Waals surface area contributed by atoms with Gasteiger partial charge in [0.1, 0.15) is 8.07 Å². The second kappa shape index (κ2) is 5.73. The molecule has 0 saturated carbocycles. The summed E-state index contributed by atoms with van der Waals surface area (Å²) in [6, 6.07) is 6.59. The number of hydrogen-bond acceptors (Lipinski definition) is 1. The highest BCUT2D eigenvalue weighted by Gasteiger charge is 2.64. The van der Waals surface area contributed by atoms with Gasteiger partial charge in [-0.2, -0.15) is 8.78 Å². The van der Waals surface area contributed by atoms with Crippen LogP contribution < -0.4 is 5.19 Å². The van der Waals surface area contributed by atoms with Crippen molar-refractivity contribution in [3.8, 4) is 0 Å². The molecule has 1 aromatic rings. The molecule has 0 spiro atoms. The smallest absolute Gasteiger partial charge is 0.204 e. The lowest BCUT2D eigenvalue weighted by Gasteiger charge is -2.34. The Balaban J connectivity index is 3.00. The molecule has 0 nitrogen and oxygen atoms in total. The Bertz CT molecular complexity index is 487. The molecule has 0 aromatic heterocycles. The largest absolute Gasteiger partial charge is 0.356 e. The van der Waals surface area contributed by atoms with Crippen molar-refractivity contribution in [1.29, 1.82) is 0 Å². The third kappa shape index (κ3) is 4.13. The van der Waals surface area contributed by atoms with E-state index in [2.05, 4.69) is 19.6 Å². The molecular weight excluding hydrogens is 332 g/mol. The van der Waals surface area contributed by atoms with Gasteiger partial charge in [-0.3, -0.25) is 0 Å². The first-order chi connectivity index (χ1) is 9.18. The topological polar surface area (TPSA) is 0 Å². The van der Waals surface area contributed by atoms with Crippen molar-refractivity contribution in [2.75, 3.05) is 0 Å². The van der Waals surface area contributed by atoms with E-state index >= 15 is 0 Å². The zero-order valence-electron chi connectivity index (χ0n) is 13.2. The van der Waals surface area contributed by atoms with Crippen molar-refractivity contribution in [2.45, 2.75) is 55.0 Å². The van der Waals surface area contributed by atoms with E-state index in [1.165, 1.54) is 31.8 Å². The summed E-state index contributed by atoms with van der Waals surface area (Å²) in [7, 11) is -4.83. The summed E-state index contributed by atoms with van der Waals surface area (Å²) in [5, 5.41) is -2.97. The molecule has 0 amide bonds. The predicted molar refractivity (Wildman–Crippen MR) is 88.5 cm³/mol. The highest BCUT2D eigenvalue weighted by Crippen LogP contribution is 2.50. The Morgan fingerprint density at radius 2 is 1.24 bits per heavy atom. The van der Waals surface area contributed by atoms with Gasteiger partial charge in [0.05, 0.1) is 8.07 Å². The maximum absolute atomic E-state index is 14.0. The second-order valence-corrected chi connectivity index (χ2v) is 18.6. The molecule has 0 radical (unpaired) electrons. The van der Waals surface area contributed by atoms with Gasteiger partial charge in [0.2, 0.25) is 0 Å². The zero-order chi connectivity index (χ0) is 16.7. The number of alkyl halides is 4. The van der Waals surface area contributed by atoms with E-state index in [9.17, 15) is 17.6 Å². The molecule has 0 aliphatic carbocycles. The van der Waals surface area contributed by atoms with Crippen LogP contribution >= 0.6 is 11.8 Å². The Morgan fingerprint density at radius 1 is 0.810 bits per heavy atom. The van der Waals surface area contributed by atoms with Crippen LogP contribution in [-0.2, 0) is 0 Å². The first-order valence-corrected chi connectivity index (χ1v) is 14.6. The fourth-order valence-corrected chi connectivity index (χ4v) is 5.48. The van der Waals surface area contributed by atoms with Crippen molar-refractivity contribution in [3.63, 3.8) is 0 Å². The van der Waals surface area contributed by atoms with Crippen LogP contribution in [0.2, 0.25) is 39.3 Å². The maximum Gasteiger partial charge on any atom is 0.356 e. The van der Waals surface area contributed by atoms with Gasteiger partial charge >= 0.3 is 5.25 Å². The van der Waals surface area contributed by atoms with Crippen LogP contribution in [0, 0.1) is 0 Å². The summed E-state index contributed by atoms with van der Waals surface area (Å²) in [6.07, 6.45) is 0. The first kappa shape index (κ1) is 18.8. The van der Waals surface area contributed by atoms with Crippen molar-refractivity contribution in [1.82, 2.24) is 0 Å². The molecule has 1 rings (SSSR count). The fourth-order valence-electron chi connectivity index (χ4n) is 1.67. The van der Waals surface area contributed by atoms with Gasteiger partial charge in [-0.05, 0) is 23.9 Å². The quantitative estimate of drug-likeness (QED) is 0.386. The van der Waals surface area contributed by atoms with Gasteiger partial charge < -0.3 is 0 Å². The Morgan fingerprint density at radius 3 is 1.57 bits per heavy atom. The minimum Gasteiger partial charge on any atom is -0.204 e. The van der Waals surface area contributed by atoms with Crippen LogP contribution in [0.1, 0.15) is 0 Å². The molecule has 0 heterocycles. The molecule has 7 heteroatoms. The van der Waals surface area contributed by atoms with Crippen LogP contribution in [-0.4, -0.2) is 26.9 Å². The van der Waals surface area contributed by atoms with E-state index in [0.717, 1.165) is 5.19 Å². The standard InChI is InChI=1S/C14H22F4SSi2/c1-20(2,3)12-9-7-11(8-10-12)19-13(15,16)14(17,18)21(4,5)6/h7-10H,1-6H3. The fraction of sp³-hybridized carbons (Fsp3) is 0.571. The Hall–Kier alpha value is -0.276. The predicted octanol–water partition coefficient (Wildman–Crippen LogP) is 5.43. The highest BCUT2D eigenvalue weighted by atomic mass is 32.2. The van der Waals surface area contributed by atoms with E-state index < -0.39 is 26.9 Å². The Labute approximate surface area is 130 Å². The average molecular weight is 355 g/mol. The number of rotatable bonds is 5. The minimum atomic E-state index is -4.09. The van der Waals surface area contributed by atoms with E-state index in [0.29, 0.717) is 0 Å². The van der Waals surface area contributed by atoms with Gasteiger partial charge in [-0.25, -0.2) is 8.78 Å². The number of hydrogen-bond donors (Lipinski definition) is 0. The van der Waals surface area contributed by atoms with E-state index in [1.54, 1.807) is 12.1 Å². The van der Waals surface area contributed by atoms with Gasteiger partial charge in [-0.15, -0.1) is 0 Å². The summed E-state index contributed by atoms with van der Waals surface area (Å²) in [4.78, 5) is 0.180. The SMILES string of the molecule is C[Si](C)(C)c1ccc(SC(F)(F)C(F)(F)[Si](C)(C)C)cc1. The van der Waals surface area contributed by atoms with Crippen LogP contribution in [0.15, 0.2) is 29.2 Å². The van der Waals surface area contributed by atoms with Crippen molar-refractivity contribution in [3.05, 3.63) is 24.3 Å². The molecule has 21 heavy (non-hydrogen) atoms. The summed E-state index contributed by atoms with van der Waals surface area (Å²) in [6.45, 7) is 10.2. The Kier molecular flexibility index (Phi) is 5.13. The van der Waals surface area contributed by atoms with E-state index in [-0.39, 0.29) is 16.7 Å². The summed E-state index contributed by atoms with van der Waals surface area (Å²) in [5.41, 5.74) is -3.96.